The van der Waals surface area contributed by atoms with E-state index in [0.29, 0.717) is 0 Å². The van der Waals surface area contributed by atoms with Crippen molar-refractivity contribution in [3.8, 4) is 6.07 Å². The van der Waals surface area contributed by atoms with Gasteiger partial charge in [-0.3, -0.25) is 4.79 Å². The van der Waals surface area contributed by atoms with Gasteiger partial charge in [0.2, 0.25) is 0 Å². The normalized spacial score (nSPS) is 9.25. The smallest absolute Gasteiger partial charge is 0.305 e. The van der Waals surface area contributed by atoms with E-state index in [9.17, 15) is 4.79 Å². The summed E-state index contributed by atoms with van der Waals surface area (Å²) in [5.74, 6) is -0.911. The maximum absolute atomic E-state index is 10.1. The number of aliphatic carboxylic acids is 1. The highest BCUT2D eigenvalue weighted by molar-refractivity contribution is 5.66. The molecule has 6 nitrogen and oxygen atoms in total. The molecule has 6 heteroatoms. The van der Waals surface area contributed by atoms with Gasteiger partial charge in [0.15, 0.2) is 5.69 Å². The summed E-state index contributed by atoms with van der Waals surface area (Å²) in [6, 6.07) is 1.79. The van der Waals surface area contributed by atoms with Crippen LogP contribution in [-0.4, -0.2) is 26.1 Å². The second-order valence-electron chi connectivity index (χ2n) is 2.08. The second kappa shape index (κ2) is 3.48. The molecule has 0 saturated heterocycles. The Morgan fingerprint density at radius 3 is 3.08 bits per heavy atom. The van der Waals surface area contributed by atoms with E-state index in [-0.39, 0.29) is 18.7 Å². The third kappa shape index (κ3) is 2.05. The van der Waals surface area contributed by atoms with E-state index in [4.69, 9.17) is 10.4 Å². The first-order valence-electron chi connectivity index (χ1n) is 3.24. The number of carbonyl (C=O) groups is 1. The quantitative estimate of drug-likeness (QED) is 0.661. The standard InChI is InChI=1S/C6H6N4O2/c7-3-5-4-8-10(9-5)2-1-6(11)12/h4H,1-2H2,(H,11,12). The molecule has 0 aliphatic heterocycles. The summed E-state index contributed by atoms with van der Waals surface area (Å²) in [7, 11) is 0. The molecule has 1 N–H and O–H groups in total. The Morgan fingerprint density at radius 1 is 1.83 bits per heavy atom. The van der Waals surface area contributed by atoms with E-state index in [1.807, 2.05) is 0 Å². The van der Waals surface area contributed by atoms with Crippen molar-refractivity contribution in [2.75, 3.05) is 0 Å². The molecule has 1 heterocycles. The van der Waals surface area contributed by atoms with Gasteiger partial charge in [-0.2, -0.15) is 15.2 Å². The van der Waals surface area contributed by atoms with Crippen LogP contribution in [0.5, 0.6) is 0 Å². The van der Waals surface area contributed by atoms with Crippen LogP contribution in [0.3, 0.4) is 0 Å². The zero-order valence-electron chi connectivity index (χ0n) is 6.14. The Balaban J connectivity index is 2.54. The minimum Gasteiger partial charge on any atom is -0.481 e. The number of nitriles is 1. The molecule has 0 radical (unpaired) electrons. The van der Waals surface area contributed by atoms with Crippen LogP contribution >= 0.6 is 0 Å². The van der Waals surface area contributed by atoms with Crippen molar-refractivity contribution in [3.05, 3.63) is 11.9 Å². The van der Waals surface area contributed by atoms with Crippen LogP contribution in [0.2, 0.25) is 0 Å². The first-order valence-corrected chi connectivity index (χ1v) is 3.24. The Morgan fingerprint density at radius 2 is 2.58 bits per heavy atom. The van der Waals surface area contributed by atoms with Crippen LogP contribution in [0.4, 0.5) is 0 Å². The van der Waals surface area contributed by atoms with Crippen LogP contribution < -0.4 is 0 Å². The maximum atomic E-state index is 10.1. The zero-order chi connectivity index (χ0) is 8.97. The molecule has 0 spiro atoms. The molecule has 0 bridgehead atoms. The van der Waals surface area contributed by atoms with Gasteiger partial charge < -0.3 is 5.11 Å². The molecule has 0 fully saturated rings. The molecule has 1 aromatic heterocycles. The van der Waals surface area contributed by atoms with Crippen molar-refractivity contribution in [2.24, 2.45) is 0 Å². The van der Waals surface area contributed by atoms with Gasteiger partial charge in [-0.1, -0.05) is 0 Å². The molecular formula is C6H6N4O2. The van der Waals surface area contributed by atoms with Crippen LogP contribution in [-0.2, 0) is 11.3 Å². The molecule has 0 aliphatic rings. The molecule has 1 rings (SSSR count). The van der Waals surface area contributed by atoms with Gasteiger partial charge in [-0.05, 0) is 0 Å². The first-order chi connectivity index (χ1) is 5.72. The maximum Gasteiger partial charge on any atom is 0.305 e. The van der Waals surface area contributed by atoms with E-state index < -0.39 is 5.97 Å². The fourth-order valence-electron chi connectivity index (χ4n) is 0.652. The molecular weight excluding hydrogens is 160 g/mol. The minimum absolute atomic E-state index is 0.0421. The van der Waals surface area contributed by atoms with Crippen LogP contribution in [0.25, 0.3) is 0 Å². The number of nitrogens with zero attached hydrogens (tertiary/aromatic N) is 4. The number of hydrogen-bond acceptors (Lipinski definition) is 4. The van der Waals surface area contributed by atoms with Crippen LogP contribution in [0, 0.1) is 11.3 Å². The molecule has 0 saturated carbocycles. The number of carboxylic acids is 1. The number of hydrogen-bond donors (Lipinski definition) is 1. The van der Waals surface area contributed by atoms with E-state index in [1.165, 1.54) is 11.0 Å². The van der Waals surface area contributed by atoms with E-state index >= 15 is 0 Å². The minimum atomic E-state index is -0.911. The first kappa shape index (κ1) is 8.20. The average Bonchev–Trinajstić information content (AvgIpc) is 2.48. The highest BCUT2D eigenvalue weighted by Crippen LogP contribution is 1.90. The molecule has 0 amide bonds. The molecule has 0 aromatic carbocycles. The lowest BCUT2D eigenvalue weighted by molar-refractivity contribution is -0.137. The topological polar surface area (TPSA) is 91.8 Å². The van der Waals surface area contributed by atoms with Crippen molar-refractivity contribution in [2.45, 2.75) is 13.0 Å². The second-order valence-corrected chi connectivity index (χ2v) is 2.08. The van der Waals surface area contributed by atoms with Gasteiger partial charge in [0.05, 0.1) is 19.2 Å². The predicted octanol–water partition coefficient (Wildman–Crippen LogP) is -0.376. The number of carboxylic acid groups (broad SMARTS) is 1. The van der Waals surface area contributed by atoms with Gasteiger partial charge in [0.1, 0.15) is 6.07 Å². The fourth-order valence-corrected chi connectivity index (χ4v) is 0.652. The highest BCUT2D eigenvalue weighted by atomic mass is 16.4. The summed E-state index contributed by atoms with van der Waals surface area (Å²) >= 11 is 0. The van der Waals surface area contributed by atoms with Crippen LogP contribution in [0.1, 0.15) is 12.1 Å². The molecule has 0 atom stereocenters. The average molecular weight is 166 g/mol. The summed E-state index contributed by atoms with van der Waals surface area (Å²) < 4.78 is 0. The lowest BCUT2D eigenvalue weighted by Gasteiger charge is -1.93. The van der Waals surface area contributed by atoms with Gasteiger partial charge in [-0.25, -0.2) is 0 Å². The number of rotatable bonds is 3. The summed E-state index contributed by atoms with van der Waals surface area (Å²) in [6.07, 6.45) is 1.25. The highest BCUT2D eigenvalue weighted by Gasteiger charge is 2.01. The molecule has 0 aliphatic carbocycles. The lowest BCUT2D eigenvalue weighted by atomic mass is 10.4. The zero-order valence-corrected chi connectivity index (χ0v) is 6.14. The van der Waals surface area contributed by atoms with Crippen LogP contribution in [0.15, 0.2) is 6.20 Å². The summed E-state index contributed by atoms with van der Waals surface area (Å²) in [5, 5.41) is 24.0. The van der Waals surface area contributed by atoms with Gasteiger partial charge >= 0.3 is 5.97 Å². The Bertz CT molecular complexity index is 325. The molecule has 62 valence electrons. The van der Waals surface area contributed by atoms with Crippen molar-refractivity contribution >= 4 is 5.97 Å². The Labute approximate surface area is 68.0 Å². The van der Waals surface area contributed by atoms with Gasteiger partial charge in [0.25, 0.3) is 0 Å². The predicted molar refractivity (Wildman–Crippen MR) is 37.0 cm³/mol. The van der Waals surface area contributed by atoms with E-state index in [2.05, 4.69) is 10.2 Å². The van der Waals surface area contributed by atoms with Crippen molar-refractivity contribution in [1.29, 1.82) is 5.26 Å². The van der Waals surface area contributed by atoms with Crippen molar-refractivity contribution in [1.82, 2.24) is 15.0 Å². The van der Waals surface area contributed by atoms with Gasteiger partial charge in [-0.15, -0.1) is 5.10 Å². The van der Waals surface area contributed by atoms with E-state index in [0.717, 1.165) is 0 Å². The number of aromatic nitrogens is 3. The third-order valence-electron chi connectivity index (χ3n) is 1.18. The number of aryl methyl sites for hydroxylation is 1. The van der Waals surface area contributed by atoms with E-state index in [1.54, 1.807) is 6.07 Å². The monoisotopic (exact) mass is 166 g/mol. The largest absolute Gasteiger partial charge is 0.481 e. The molecule has 0 unspecified atom stereocenters. The van der Waals surface area contributed by atoms with Gasteiger partial charge in [0, 0.05) is 0 Å². The summed E-state index contributed by atoms with van der Waals surface area (Å²) in [4.78, 5) is 11.3. The summed E-state index contributed by atoms with van der Waals surface area (Å²) in [5.41, 5.74) is 0.195. The lowest BCUT2D eigenvalue weighted by Crippen LogP contribution is -2.07. The third-order valence-corrected chi connectivity index (χ3v) is 1.18. The summed E-state index contributed by atoms with van der Waals surface area (Å²) in [6.45, 7) is 0.191. The SMILES string of the molecule is N#Cc1cnn(CCC(=O)O)n1. The fraction of sp³-hybridized carbons (Fsp3) is 0.333. The van der Waals surface area contributed by atoms with Crippen molar-refractivity contribution < 1.29 is 9.90 Å². The Hall–Kier alpha value is -1.90. The van der Waals surface area contributed by atoms with Crippen molar-refractivity contribution in [3.63, 3.8) is 0 Å². The molecule has 1 aromatic rings. The Kier molecular flexibility index (Phi) is 2.38. The molecule has 12 heavy (non-hydrogen) atoms.